The maximum Gasteiger partial charge on any atom is 0.253 e. The maximum absolute atomic E-state index is 11.9. The molecule has 2 N–H and O–H groups in total. The van der Waals surface area contributed by atoms with Crippen LogP contribution in [0.25, 0.3) is 0 Å². The van der Waals surface area contributed by atoms with Crippen LogP contribution in [-0.4, -0.2) is 38.1 Å². The Morgan fingerprint density at radius 1 is 0.467 bits per heavy atom. The summed E-state index contributed by atoms with van der Waals surface area (Å²) in [5, 5.41) is 6.07. The molecule has 0 saturated heterocycles. The molecule has 0 spiro atoms. The molecule has 0 fully saturated rings. The first-order valence-electron chi connectivity index (χ1n) is 20.1. The van der Waals surface area contributed by atoms with Gasteiger partial charge in [0.05, 0.1) is 0 Å². The third-order valence-electron chi connectivity index (χ3n) is 9.96. The monoisotopic (exact) mass is 632 g/mol. The van der Waals surface area contributed by atoms with Crippen LogP contribution in [-0.2, 0) is 0 Å². The van der Waals surface area contributed by atoms with Crippen molar-refractivity contribution >= 4 is 11.4 Å². The number of anilines is 2. The van der Waals surface area contributed by atoms with Gasteiger partial charge in [-0.15, -0.1) is 0 Å². The minimum absolute atomic E-state index is 0.376. The van der Waals surface area contributed by atoms with Gasteiger partial charge in [-0.2, -0.15) is 0 Å². The van der Waals surface area contributed by atoms with E-state index in [0.29, 0.717) is 11.4 Å². The summed E-state index contributed by atoms with van der Waals surface area (Å²) in [6, 6.07) is 0. The zero-order valence-electron chi connectivity index (χ0n) is 30.8. The van der Waals surface area contributed by atoms with Crippen LogP contribution in [0.4, 0.5) is 11.4 Å². The summed E-state index contributed by atoms with van der Waals surface area (Å²) in [5.74, 6) is 0.970. The Balaban J connectivity index is 2.33. The zero-order chi connectivity index (χ0) is 32.8. The second-order valence-electron chi connectivity index (χ2n) is 14.1. The molecule has 0 amide bonds. The molecule has 1 rings (SSSR count). The quantitative estimate of drug-likeness (QED) is 0.0576. The minimum atomic E-state index is -0.393. The number of hydrogen-bond acceptors (Lipinski definition) is 5. The van der Waals surface area contributed by atoms with Gasteiger partial charge in [-0.1, -0.05) is 175 Å². The van der Waals surface area contributed by atoms with Gasteiger partial charge in [-0.25, -0.2) is 0 Å². The van der Waals surface area contributed by atoms with Crippen LogP contribution < -0.4 is 21.5 Å². The number of nitrogens with zero attached hydrogens (tertiary/aromatic N) is 1. The van der Waals surface area contributed by atoms with Crippen LogP contribution in [0, 0.1) is 5.92 Å². The Labute approximate surface area is 280 Å². The van der Waals surface area contributed by atoms with Gasteiger partial charge in [0.25, 0.3) is 10.9 Å². The molecule has 0 unspecified atom stereocenters. The van der Waals surface area contributed by atoms with Gasteiger partial charge < -0.3 is 15.5 Å². The highest BCUT2D eigenvalue weighted by Crippen LogP contribution is 2.25. The molecule has 0 aliphatic carbocycles. The molecule has 1 aromatic rings. The lowest BCUT2D eigenvalue weighted by Gasteiger charge is -2.23. The number of hydrogen-bond donors (Lipinski definition) is 2. The molecule has 0 aliphatic heterocycles. The van der Waals surface area contributed by atoms with E-state index in [-0.39, 0.29) is 5.43 Å². The van der Waals surface area contributed by atoms with E-state index in [1.54, 1.807) is 7.05 Å². The molecule has 0 aromatic heterocycles. The Morgan fingerprint density at radius 2 is 0.822 bits per heavy atom. The second-order valence-corrected chi connectivity index (χ2v) is 14.1. The Morgan fingerprint density at radius 3 is 1.24 bits per heavy atom. The molecule has 0 bridgehead atoms. The standard InChI is InChI=1S/C40H77N3O2/c1-5-8-11-14-18-23-29-36(30-24-19-15-12-9-6-2)31-25-20-17-22-27-34-43(33-26-21-16-13-10-7-3)35-28-32-42-38-37(41-4)39(44)40(38)45/h36,41-42H,5-35H2,1-4H3. The topological polar surface area (TPSA) is 61.4 Å². The molecule has 0 heterocycles. The summed E-state index contributed by atoms with van der Waals surface area (Å²) in [4.78, 5) is 26.2. The fourth-order valence-electron chi connectivity index (χ4n) is 6.92. The predicted octanol–water partition coefficient (Wildman–Crippen LogP) is 11.2. The third kappa shape index (κ3) is 21.2. The van der Waals surface area contributed by atoms with E-state index in [4.69, 9.17) is 0 Å². The van der Waals surface area contributed by atoms with Gasteiger partial charge >= 0.3 is 0 Å². The number of nitrogens with one attached hydrogen (secondary N) is 2. The van der Waals surface area contributed by atoms with Crippen LogP contribution in [0.5, 0.6) is 0 Å². The Hall–Kier alpha value is -1.36. The van der Waals surface area contributed by atoms with Crippen LogP contribution in [0.3, 0.4) is 0 Å². The number of unbranched alkanes of at least 4 members (excludes halogenated alkanes) is 19. The molecular formula is C40H77N3O2. The van der Waals surface area contributed by atoms with E-state index in [0.717, 1.165) is 25.4 Å². The van der Waals surface area contributed by atoms with Gasteiger partial charge in [0.15, 0.2) is 0 Å². The third-order valence-corrected chi connectivity index (χ3v) is 9.96. The molecule has 0 radical (unpaired) electrons. The summed E-state index contributed by atoms with van der Waals surface area (Å²) in [5.41, 5.74) is 0.154. The summed E-state index contributed by atoms with van der Waals surface area (Å²) in [6.07, 6.45) is 37.4. The van der Waals surface area contributed by atoms with E-state index in [1.165, 1.54) is 180 Å². The highest BCUT2D eigenvalue weighted by Gasteiger charge is 2.19. The lowest BCUT2D eigenvalue weighted by atomic mass is 9.89. The molecule has 1 aromatic carbocycles. The predicted molar refractivity (Wildman–Crippen MR) is 201 cm³/mol. The van der Waals surface area contributed by atoms with Gasteiger partial charge in [0.1, 0.15) is 11.4 Å². The normalized spacial score (nSPS) is 11.8. The summed E-state index contributed by atoms with van der Waals surface area (Å²) >= 11 is 0. The van der Waals surface area contributed by atoms with Crippen molar-refractivity contribution in [1.29, 1.82) is 0 Å². The Kier molecular flexibility index (Phi) is 27.8. The van der Waals surface area contributed by atoms with E-state index < -0.39 is 5.43 Å². The smallest absolute Gasteiger partial charge is 0.253 e. The van der Waals surface area contributed by atoms with Gasteiger partial charge in [-0.3, -0.25) is 9.59 Å². The molecule has 0 atom stereocenters. The van der Waals surface area contributed by atoms with Crippen molar-refractivity contribution in [1.82, 2.24) is 4.90 Å². The van der Waals surface area contributed by atoms with E-state index in [1.807, 2.05) is 0 Å². The highest BCUT2D eigenvalue weighted by atomic mass is 16.2. The van der Waals surface area contributed by atoms with E-state index >= 15 is 0 Å². The number of rotatable bonds is 35. The first kappa shape index (κ1) is 41.7. The maximum atomic E-state index is 11.9. The van der Waals surface area contributed by atoms with Crippen molar-refractivity contribution in [2.75, 3.05) is 43.9 Å². The zero-order valence-corrected chi connectivity index (χ0v) is 30.8. The average molecular weight is 632 g/mol. The van der Waals surface area contributed by atoms with Crippen molar-refractivity contribution in [2.24, 2.45) is 5.92 Å². The first-order valence-corrected chi connectivity index (χ1v) is 20.1. The first-order chi connectivity index (χ1) is 22.1. The van der Waals surface area contributed by atoms with Gasteiger partial charge in [0, 0.05) is 13.6 Å². The van der Waals surface area contributed by atoms with Crippen molar-refractivity contribution in [3.05, 3.63) is 20.4 Å². The van der Waals surface area contributed by atoms with Crippen molar-refractivity contribution in [2.45, 2.75) is 194 Å². The van der Waals surface area contributed by atoms with Gasteiger partial charge in [0.2, 0.25) is 0 Å². The van der Waals surface area contributed by atoms with Crippen molar-refractivity contribution in [3.8, 4) is 0 Å². The molecule has 264 valence electrons. The lowest BCUT2D eigenvalue weighted by Crippen LogP contribution is -2.37. The molecule has 0 saturated carbocycles. The molecule has 45 heavy (non-hydrogen) atoms. The molecule has 0 aliphatic rings. The van der Waals surface area contributed by atoms with Crippen LogP contribution in [0.2, 0.25) is 0 Å². The SMILES string of the molecule is CCCCCCCCC(CCCCCCCC)CCCCCCCN(CCCCCCCC)CCCNc1c(NC)c(=O)c1=O. The second kappa shape index (κ2) is 30.0. The van der Waals surface area contributed by atoms with Crippen LogP contribution in [0.1, 0.15) is 194 Å². The largest absolute Gasteiger partial charge is 0.383 e. The lowest BCUT2D eigenvalue weighted by molar-refractivity contribution is 0.259. The molecular weight excluding hydrogens is 554 g/mol. The van der Waals surface area contributed by atoms with E-state index in [9.17, 15) is 9.59 Å². The fraction of sp³-hybridized carbons (Fsp3) is 0.900. The minimum Gasteiger partial charge on any atom is -0.383 e. The van der Waals surface area contributed by atoms with Crippen LogP contribution >= 0.6 is 0 Å². The van der Waals surface area contributed by atoms with Crippen molar-refractivity contribution in [3.63, 3.8) is 0 Å². The summed E-state index contributed by atoms with van der Waals surface area (Å²) in [6.45, 7) is 11.1. The molecule has 5 heteroatoms. The highest BCUT2D eigenvalue weighted by molar-refractivity contribution is 5.73. The molecule has 5 nitrogen and oxygen atoms in total. The Bertz CT molecular complexity index is 831. The fourth-order valence-corrected chi connectivity index (χ4v) is 6.92. The van der Waals surface area contributed by atoms with Gasteiger partial charge in [-0.05, 0) is 44.8 Å². The van der Waals surface area contributed by atoms with Crippen molar-refractivity contribution < 1.29 is 0 Å². The van der Waals surface area contributed by atoms with E-state index in [2.05, 4.69) is 36.3 Å². The summed E-state index contributed by atoms with van der Waals surface area (Å²) < 4.78 is 0. The average Bonchev–Trinajstić information content (AvgIpc) is 3.05. The van der Waals surface area contributed by atoms with Crippen LogP contribution in [0.15, 0.2) is 9.59 Å². The summed E-state index contributed by atoms with van der Waals surface area (Å²) in [7, 11) is 1.70.